The topological polar surface area (TPSA) is 270 Å². The van der Waals surface area contributed by atoms with E-state index in [4.69, 9.17) is 11.6 Å². The van der Waals surface area contributed by atoms with E-state index in [1.165, 1.54) is 73.8 Å². The number of carbonyl (C=O) groups is 12. The van der Waals surface area contributed by atoms with E-state index in [9.17, 15) is 46.7 Å². The number of likely N-dealkylation sites (N-methyl/N-ethyl adjacent to an activating group) is 7. The Morgan fingerprint density at radius 3 is 1.77 bits per heavy atom. The Morgan fingerprint density at radius 2 is 1.17 bits per heavy atom. The molecule has 0 aromatic carbocycles. The monoisotopic (exact) mass is 1420 g/mol. The summed E-state index contributed by atoms with van der Waals surface area (Å²) in [5.74, 6) is -10.8. The van der Waals surface area contributed by atoms with E-state index < -0.39 is 174 Å². The molecule has 0 aromatic heterocycles. The van der Waals surface area contributed by atoms with Crippen LogP contribution >= 0.6 is 11.6 Å². The van der Waals surface area contributed by atoms with Crippen molar-refractivity contribution < 1.29 is 70.7 Å². The number of carbonyl (C=O) groups excluding carboxylic acids is 12. The van der Waals surface area contributed by atoms with Crippen molar-refractivity contribution in [2.45, 2.75) is 255 Å². The van der Waals surface area contributed by atoms with Gasteiger partial charge in [-0.3, -0.25) is 57.5 Å². The molecule has 3 aliphatic carbocycles. The maximum Gasteiger partial charge on any atom is 0.393 e. The number of likely N-dealkylation sites (tertiary alicyclic amines) is 1. The SMILES string of the molecule is CC[C@H](C)[C@@H]1NC(=O)[C@H](CC(C)C)N(C)C(=O)C[C@@H](C(=O)N2CCCCC2)N(C)C(=O)[C@H]([C@@H](C)CC)N(C)C(=O)C2(CCCC2)NC(=O)[C@@H]2CCCN2C(=O)[C@H](CCC2CCC(C(F)(F)F)C(Cl)C2)NC(=O)CN(C)C(=O)[C@H](CC2CCCCC2)N(C)C(=O)CN(C)C(=O)CN(C)C1=O. The van der Waals surface area contributed by atoms with Crippen molar-refractivity contribution in [3.05, 3.63) is 0 Å². The molecule has 0 radical (unpaired) electrons. The molecule has 99 heavy (non-hydrogen) atoms. The van der Waals surface area contributed by atoms with Crippen molar-refractivity contribution in [2.24, 2.45) is 35.5 Å². The first kappa shape index (κ1) is 81.7. The van der Waals surface area contributed by atoms with Gasteiger partial charge in [-0.15, -0.1) is 11.6 Å². The van der Waals surface area contributed by atoms with E-state index >= 15 is 24.0 Å². The lowest BCUT2D eigenvalue weighted by molar-refractivity contribution is -0.182. The molecule has 3 saturated carbocycles. The minimum absolute atomic E-state index is 0.000570. The van der Waals surface area contributed by atoms with Crippen molar-refractivity contribution in [3.8, 4) is 0 Å². The Kier molecular flexibility index (Phi) is 30.2. The van der Waals surface area contributed by atoms with E-state index in [0.29, 0.717) is 58.0 Å². The molecular weight excluding hydrogens is 1310 g/mol. The molecule has 6 fully saturated rings. The highest BCUT2D eigenvalue weighted by atomic mass is 35.5. The maximum atomic E-state index is 15.5. The van der Waals surface area contributed by atoms with Crippen LogP contribution in [0.3, 0.4) is 0 Å². The molecule has 0 bridgehead atoms. The Balaban J connectivity index is 1.41. The van der Waals surface area contributed by atoms with E-state index in [0.717, 1.165) is 53.2 Å². The lowest BCUT2D eigenvalue weighted by atomic mass is 9.78. The maximum absolute atomic E-state index is 15.5. The van der Waals surface area contributed by atoms with Gasteiger partial charge in [0.05, 0.1) is 32.0 Å². The average molecular weight is 1420 g/mol. The van der Waals surface area contributed by atoms with Crippen LogP contribution in [0.2, 0.25) is 0 Å². The lowest BCUT2D eigenvalue weighted by Gasteiger charge is -2.42. The smallest absolute Gasteiger partial charge is 0.343 e. The van der Waals surface area contributed by atoms with E-state index in [1.807, 2.05) is 27.7 Å². The van der Waals surface area contributed by atoms with Gasteiger partial charge in [-0.05, 0) is 119 Å². The summed E-state index contributed by atoms with van der Waals surface area (Å²) in [6.07, 6.45) is 4.67. The van der Waals surface area contributed by atoms with Crippen molar-refractivity contribution in [2.75, 3.05) is 88.6 Å². The summed E-state index contributed by atoms with van der Waals surface area (Å²) in [5.41, 5.74) is -1.56. The number of piperidine rings is 1. The quantitative estimate of drug-likeness (QED) is 0.191. The summed E-state index contributed by atoms with van der Waals surface area (Å²) in [5, 5.41) is 7.57. The Bertz CT molecular complexity index is 2850. The summed E-state index contributed by atoms with van der Waals surface area (Å²) in [4.78, 5) is 190. The van der Waals surface area contributed by atoms with Crippen LogP contribution in [0.5, 0.6) is 0 Å². The molecule has 3 N–H and O–H groups in total. The zero-order valence-corrected chi connectivity index (χ0v) is 62.0. The molecule has 12 atom stereocenters. The van der Waals surface area contributed by atoms with Crippen LogP contribution in [0, 0.1) is 35.5 Å². The van der Waals surface area contributed by atoms with E-state index in [-0.39, 0.29) is 88.5 Å². The van der Waals surface area contributed by atoms with E-state index in [2.05, 4.69) is 16.0 Å². The zero-order valence-electron chi connectivity index (χ0n) is 61.2. The lowest BCUT2D eigenvalue weighted by Crippen LogP contribution is -2.65. The molecule has 24 nitrogen and oxygen atoms in total. The fourth-order valence-electron chi connectivity index (χ4n) is 15.7. The van der Waals surface area contributed by atoms with Gasteiger partial charge in [0.25, 0.3) is 0 Å². The molecule has 3 unspecified atom stereocenters. The molecule has 1 spiro atoms. The third kappa shape index (κ3) is 21.0. The first-order chi connectivity index (χ1) is 46.6. The summed E-state index contributed by atoms with van der Waals surface area (Å²) >= 11 is 6.40. The number of nitrogens with one attached hydrogen (secondary N) is 3. The normalized spacial score (nSPS) is 29.5. The van der Waals surface area contributed by atoms with Crippen molar-refractivity contribution in [1.29, 1.82) is 0 Å². The number of hydrogen-bond donors (Lipinski definition) is 3. The summed E-state index contributed by atoms with van der Waals surface area (Å²) < 4.78 is 42.0. The number of amides is 12. The average Bonchev–Trinajstić information content (AvgIpc) is 1.77. The summed E-state index contributed by atoms with van der Waals surface area (Å²) in [6.45, 7) is 10.2. The predicted octanol–water partition coefficient (Wildman–Crippen LogP) is 5.95. The van der Waals surface area contributed by atoms with Gasteiger partial charge in [0.2, 0.25) is 70.9 Å². The molecule has 3 saturated heterocycles. The van der Waals surface area contributed by atoms with Gasteiger partial charge < -0.3 is 60.0 Å². The van der Waals surface area contributed by atoms with Crippen molar-refractivity contribution in [1.82, 2.24) is 60.0 Å². The highest BCUT2D eigenvalue weighted by molar-refractivity contribution is 6.21. The third-order valence-corrected chi connectivity index (χ3v) is 23.0. The van der Waals surface area contributed by atoms with Crippen LogP contribution in [-0.4, -0.2) is 263 Å². The minimum Gasteiger partial charge on any atom is -0.343 e. The third-order valence-electron chi connectivity index (χ3n) is 22.5. The highest BCUT2D eigenvalue weighted by Crippen LogP contribution is 2.44. The number of halogens is 4. The van der Waals surface area contributed by atoms with Gasteiger partial charge in [-0.2, -0.15) is 13.2 Å². The van der Waals surface area contributed by atoms with Crippen LogP contribution in [0.25, 0.3) is 0 Å². The molecule has 560 valence electrons. The Hall–Kier alpha value is -6.28. The number of hydrogen-bond acceptors (Lipinski definition) is 12. The van der Waals surface area contributed by atoms with Gasteiger partial charge >= 0.3 is 6.18 Å². The fraction of sp³-hybridized carbons (Fsp3) is 0.831. The molecule has 6 aliphatic rings. The summed E-state index contributed by atoms with van der Waals surface area (Å²) in [7, 11) is 9.97. The molecule has 3 heterocycles. The first-order valence-electron chi connectivity index (χ1n) is 36.6. The predicted molar refractivity (Wildman–Crippen MR) is 367 cm³/mol. The standard InChI is InChI=1S/C71H116ClF3N12O12/c1-14-45(5)60-67(97)81(9)42-58(90)79(7)43-59(91)83(11)54(39-47-25-18-16-19-26-47)65(95)80(8)41-56(88)76-51(31-29-48-28-30-49(50(72)38-48)71(73,74)75)64(94)87-36-24-27-52(87)63(93)78-70(32-20-21-33-70)69(99)85(13)61(46(6)15-2)68(98)84(12)55(66(96)86-34-22-17-23-35-86)40-57(89)82(10)53(37-44(3)4)62(92)77-60/h44-55,60-61H,14-43H2,1-13H3,(H,76,88)(H,77,92)(H,78,93)/t45-,46-,48?,49?,50?,51-,52-,53-,54-,55-,60-,61-/m0/s1. The molecule has 3 aliphatic heterocycles. The van der Waals surface area contributed by atoms with Crippen molar-refractivity contribution >= 4 is 82.5 Å². The molecule has 6 rings (SSSR count). The molecule has 12 amide bonds. The van der Waals surface area contributed by atoms with Crippen LogP contribution in [0.15, 0.2) is 0 Å². The number of nitrogens with zero attached hydrogens (tertiary/aromatic N) is 9. The largest absolute Gasteiger partial charge is 0.393 e. The number of alkyl halides is 4. The van der Waals surface area contributed by atoms with Crippen LogP contribution in [0.4, 0.5) is 13.2 Å². The van der Waals surface area contributed by atoms with Gasteiger partial charge in [0.15, 0.2) is 0 Å². The Labute approximate surface area is 589 Å². The van der Waals surface area contributed by atoms with Crippen LogP contribution in [-0.2, 0) is 57.5 Å². The van der Waals surface area contributed by atoms with Gasteiger partial charge in [-0.1, -0.05) is 99.3 Å². The second kappa shape index (κ2) is 36.5. The van der Waals surface area contributed by atoms with E-state index in [1.54, 1.807) is 18.7 Å². The number of fused-ring (bicyclic) bond motifs is 1. The second-order valence-corrected chi connectivity index (χ2v) is 30.8. The molecular formula is C71H116ClF3N12O12. The highest BCUT2D eigenvalue weighted by Gasteiger charge is 2.52. The summed E-state index contributed by atoms with van der Waals surface area (Å²) in [6, 6.07) is -8.62. The van der Waals surface area contributed by atoms with Crippen LogP contribution in [0.1, 0.15) is 196 Å². The van der Waals surface area contributed by atoms with Gasteiger partial charge in [0.1, 0.15) is 47.8 Å². The molecule has 0 aromatic rings. The van der Waals surface area contributed by atoms with Crippen molar-refractivity contribution in [3.63, 3.8) is 0 Å². The minimum atomic E-state index is -4.51. The zero-order chi connectivity index (χ0) is 73.5. The second-order valence-electron chi connectivity index (χ2n) is 30.2. The molecule has 28 heteroatoms. The van der Waals surface area contributed by atoms with Gasteiger partial charge in [-0.25, -0.2) is 0 Å². The van der Waals surface area contributed by atoms with Crippen LogP contribution < -0.4 is 16.0 Å². The first-order valence-corrected chi connectivity index (χ1v) is 37.0. The Morgan fingerprint density at radius 1 is 0.576 bits per heavy atom. The number of rotatable bonds is 12. The fourth-order valence-corrected chi connectivity index (χ4v) is 16.2. The van der Waals surface area contributed by atoms with Gasteiger partial charge in [0, 0.05) is 74.3 Å².